The van der Waals surface area contributed by atoms with E-state index in [9.17, 15) is 4.79 Å². The van der Waals surface area contributed by atoms with E-state index in [0.717, 1.165) is 29.7 Å². The number of carbonyl (C=O) groups is 1. The highest BCUT2D eigenvalue weighted by molar-refractivity contribution is 5.90. The van der Waals surface area contributed by atoms with E-state index in [1.807, 2.05) is 65.6 Å². The molecule has 1 aliphatic heterocycles. The minimum atomic E-state index is -0.123. The number of nitriles is 1. The van der Waals surface area contributed by atoms with Gasteiger partial charge in [0.05, 0.1) is 24.8 Å². The number of hydrogen-bond acceptors (Lipinski definition) is 4. The van der Waals surface area contributed by atoms with E-state index in [2.05, 4.69) is 11.4 Å². The van der Waals surface area contributed by atoms with Gasteiger partial charge in [0.1, 0.15) is 18.1 Å². The van der Waals surface area contributed by atoms with E-state index < -0.39 is 0 Å². The lowest BCUT2D eigenvalue weighted by Gasteiger charge is -2.25. The Morgan fingerprint density at radius 1 is 1.09 bits per heavy atom. The zero-order valence-electron chi connectivity index (χ0n) is 18.0. The fraction of sp³-hybridized carbons (Fsp3) is 0.231. The average molecular weight is 428 g/mol. The number of amides is 2. The number of ether oxygens (including phenoxy) is 2. The number of methoxy groups -OCH3 is 1. The van der Waals surface area contributed by atoms with Crippen LogP contribution in [0.15, 0.2) is 72.8 Å². The number of benzene rings is 3. The summed E-state index contributed by atoms with van der Waals surface area (Å²) < 4.78 is 11.1. The molecule has 6 nitrogen and oxygen atoms in total. The Morgan fingerprint density at radius 3 is 2.69 bits per heavy atom. The fourth-order valence-electron chi connectivity index (χ4n) is 3.94. The maximum Gasteiger partial charge on any atom is 0.322 e. The average Bonchev–Trinajstić information content (AvgIpc) is 3.33. The fourth-order valence-corrected chi connectivity index (χ4v) is 3.94. The Kier molecular flexibility index (Phi) is 6.57. The second-order valence-electron chi connectivity index (χ2n) is 7.68. The molecule has 2 amide bonds. The van der Waals surface area contributed by atoms with Crippen molar-refractivity contribution in [3.63, 3.8) is 0 Å². The van der Waals surface area contributed by atoms with Crippen LogP contribution in [0.3, 0.4) is 0 Å². The molecule has 1 aliphatic rings. The third-order valence-corrected chi connectivity index (χ3v) is 5.56. The van der Waals surface area contributed by atoms with Gasteiger partial charge in [-0.05, 0) is 60.4 Å². The minimum absolute atomic E-state index is 0.0488. The summed E-state index contributed by atoms with van der Waals surface area (Å²) in [5.74, 6) is 1.46. The van der Waals surface area contributed by atoms with Crippen LogP contribution in [0.1, 0.15) is 35.6 Å². The predicted octanol–water partition coefficient (Wildman–Crippen LogP) is 5.51. The maximum atomic E-state index is 13.0. The topological polar surface area (TPSA) is 74.6 Å². The summed E-state index contributed by atoms with van der Waals surface area (Å²) in [5, 5.41) is 12.0. The Labute approximate surface area is 188 Å². The van der Waals surface area contributed by atoms with Crippen LogP contribution in [0.2, 0.25) is 0 Å². The molecule has 0 saturated carbocycles. The highest BCUT2D eigenvalue weighted by Crippen LogP contribution is 2.33. The first kappa shape index (κ1) is 21.3. The molecule has 0 aromatic heterocycles. The molecule has 3 aromatic carbocycles. The first-order valence-electron chi connectivity index (χ1n) is 10.6. The van der Waals surface area contributed by atoms with Crippen molar-refractivity contribution in [3.05, 3.63) is 89.5 Å². The molecule has 0 bridgehead atoms. The molecule has 0 spiro atoms. The van der Waals surface area contributed by atoms with Crippen LogP contribution in [-0.2, 0) is 6.61 Å². The summed E-state index contributed by atoms with van der Waals surface area (Å²) in [5.41, 5.74) is 3.30. The summed E-state index contributed by atoms with van der Waals surface area (Å²) >= 11 is 0. The SMILES string of the molecule is COc1ccc(C2CCCN2C(=O)Nc2cccc(OCc3cccc(C#N)c3)c2)cc1. The Hall–Kier alpha value is -3.98. The molecular formula is C26H25N3O3. The van der Waals surface area contributed by atoms with Crippen molar-refractivity contribution in [1.82, 2.24) is 4.90 Å². The van der Waals surface area contributed by atoms with Gasteiger partial charge in [-0.3, -0.25) is 0 Å². The van der Waals surface area contributed by atoms with Crippen LogP contribution in [0.25, 0.3) is 0 Å². The molecule has 1 N–H and O–H groups in total. The van der Waals surface area contributed by atoms with Crippen molar-refractivity contribution in [2.75, 3.05) is 19.0 Å². The third-order valence-electron chi connectivity index (χ3n) is 5.56. The molecule has 0 aliphatic carbocycles. The van der Waals surface area contributed by atoms with Gasteiger partial charge in [-0.15, -0.1) is 0 Å². The first-order valence-corrected chi connectivity index (χ1v) is 10.6. The van der Waals surface area contributed by atoms with Gasteiger partial charge in [-0.25, -0.2) is 4.79 Å². The highest BCUT2D eigenvalue weighted by Gasteiger charge is 2.30. The molecule has 1 atom stereocenters. The number of carbonyl (C=O) groups excluding carboxylic acids is 1. The molecule has 1 unspecified atom stereocenters. The lowest BCUT2D eigenvalue weighted by Crippen LogP contribution is -2.34. The standard InChI is InChI=1S/C26H25N3O3/c1-31-23-12-10-21(11-13-23)25-9-4-14-29(25)26(30)28-22-7-3-8-24(16-22)32-18-20-6-2-5-19(15-20)17-27/h2-3,5-8,10-13,15-16,25H,4,9,14,18H2,1H3,(H,28,30). The van der Waals surface area contributed by atoms with Gasteiger partial charge < -0.3 is 19.7 Å². The number of anilines is 1. The molecule has 4 rings (SSSR count). The van der Waals surface area contributed by atoms with Crippen LogP contribution in [-0.4, -0.2) is 24.6 Å². The zero-order valence-corrected chi connectivity index (χ0v) is 18.0. The minimum Gasteiger partial charge on any atom is -0.497 e. The van der Waals surface area contributed by atoms with Gasteiger partial charge in [0.15, 0.2) is 0 Å². The monoisotopic (exact) mass is 427 g/mol. The van der Waals surface area contributed by atoms with Crippen LogP contribution in [0.4, 0.5) is 10.5 Å². The van der Waals surface area contributed by atoms with Gasteiger partial charge in [-0.2, -0.15) is 5.26 Å². The Balaban J connectivity index is 1.40. The van der Waals surface area contributed by atoms with E-state index >= 15 is 0 Å². The summed E-state index contributed by atoms with van der Waals surface area (Å²) in [4.78, 5) is 14.9. The van der Waals surface area contributed by atoms with Crippen molar-refractivity contribution >= 4 is 11.7 Å². The molecule has 1 fully saturated rings. The maximum absolute atomic E-state index is 13.0. The predicted molar refractivity (Wildman–Crippen MR) is 123 cm³/mol. The van der Waals surface area contributed by atoms with E-state index in [0.29, 0.717) is 30.2 Å². The first-order chi connectivity index (χ1) is 15.7. The van der Waals surface area contributed by atoms with Gasteiger partial charge in [0.2, 0.25) is 0 Å². The molecular weight excluding hydrogens is 402 g/mol. The molecule has 3 aromatic rings. The van der Waals surface area contributed by atoms with Crippen LogP contribution >= 0.6 is 0 Å². The second-order valence-corrected chi connectivity index (χ2v) is 7.68. The van der Waals surface area contributed by atoms with Crippen LogP contribution in [0, 0.1) is 11.3 Å². The van der Waals surface area contributed by atoms with Crippen molar-refractivity contribution in [2.45, 2.75) is 25.5 Å². The van der Waals surface area contributed by atoms with Crippen LogP contribution < -0.4 is 14.8 Å². The van der Waals surface area contributed by atoms with E-state index in [-0.39, 0.29) is 12.1 Å². The van der Waals surface area contributed by atoms with Crippen molar-refractivity contribution in [2.24, 2.45) is 0 Å². The highest BCUT2D eigenvalue weighted by atomic mass is 16.5. The van der Waals surface area contributed by atoms with E-state index in [4.69, 9.17) is 14.7 Å². The second kappa shape index (κ2) is 9.88. The van der Waals surface area contributed by atoms with Gasteiger partial charge in [-0.1, -0.05) is 30.3 Å². The number of rotatable bonds is 6. The molecule has 0 radical (unpaired) electrons. The molecule has 6 heteroatoms. The van der Waals surface area contributed by atoms with Crippen LogP contribution in [0.5, 0.6) is 11.5 Å². The summed E-state index contributed by atoms with van der Waals surface area (Å²) in [7, 11) is 1.64. The molecule has 1 heterocycles. The lowest BCUT2D eigenvalue weighted by molar-refractivity contribution is 0.207. The summed E-state index contributed by atoms with van der Waals surface area (Å²) in [6.45, 7) is 1.06. The largest absolute Gasteiger partial charge is 0.497 e. The number of nitrogens with zero attached hydrogens (tertiary/aromatic N) is 2. The number of likely N-dealkylation sites (tertiary alicyclic amines) is 1. The van der Waals surface area contributed by atoms with Crippen molar-refractivity contribution < 1.29 is 14.3 Å². The smallest absolute Gasteiger partial charge is 0.322 e. The summed E-state index contributed by atoms with van der Waals surface area (Å²) in [6.07, 6.45) is 1.90. The third kappa shape index (κ3) is 5.01. The van der Waals surface area contributed by atoms with E-state index in [1.165, 1.54) is 0 Å². The number of hydrogen-bond donors (Lipinski definition) is 1. The number of urea groups is 1. The number of nitrogens with one attached hydrogen (secondary N) is 1. The summed E-state index contributed by atoms with van der Waals surface area (Å²) in [6, 6.07) is 24.6. The van der Waals surface area contributed by atoms with Gasteiger partial charge in [0.25, 0.3) is 0 Å². The van der Waals surface area contributed by atoms with E-state index in [1.54, 1.807) is 19.2 Å². The Bertz CT molecular complexity index is 1120. The Morgan fingerprint density at radius 2 is 1.91 bits per heavy atom. The van der Waals surface area contributed by atoms with Crippen molar-refractivity contribution in [1.29, 1.82) is 5.26 Å². The quantitative estimate of drug-likeness (QED) is 0.562. The molecule has 32 heavy (non-hydrogen) atoms. The van der Waals surface area contributed by atoms with Gasteiger partial charge >= 0.3 is 6.03 Å². The van der Waals surface area contributed by atoms with Crippen molar-refractivity contribution in [3.8, 4) is 17.6 Å². The molecule has 1 saturated heterocycles. The lowest BCUT2D eigenvalue weighted by atomic mass is 10.0. The molecule has 162 valence electrons. The van der Waals surface area contributed by atoms with Gasteiger partial charge in [0, 0.05) is 18.3 Å². The zero-order chi connectivity index (χ0) is 22.3. The normalized spacial score (nSPS) is 15.1.